The maximum absolute atomic E-state index is 4.43. The number of aromatic nitrogens is 2. The van der Waals surface area contributed by atoms with Gasteiger partial charge in [-0.1, -0.05) is 12.1 Å². The van der Waals surface area contributed by atoms with Gasteiger partial charge < -0.3 is 0 Å². The quantitative estimate of drug-likeness (QED) is 0.646. The zero-order valence-corrected chi connectivity index (χ0v) is 7.70. The molecule has 0 aliphatic heterocycles. The second-order valence-corrected chi connectivity index (χ2v) is 3.83. The molecule has 1 aromatic carbocycles. The van der Waals surface area contributed by atoms with Gasteiger partial charge >= 0.3 is 0 Å². The van der Waals surface area contributed by atoms with E-state index >= 15 is 0 Å². The summed E-state index contributed by atoms with van der Waals surface area (Å²) in [5.41, 5.74) is 2.62. The summed E-state index contributed by atoms with van der Waals surface area (Å²) in [6.07, 6.45) is 4.58. The molecule has 0 saturated heterocycles. The zero-order valence-electron chi connectivity index (χ0n) is 7.70. The smallest absolute Gasteiger partial charge is 0.0688 e. The Labute approximate surface area is 77.2 Å². The van der Waals surface area contributed by atoms with Crippen LogP contribution in [-0.2, 0) is 0 Å². The Bertz CT molecular complexity index is 452. The largest absolute Gasteiger partial charge is 0.262 e. The van der Waals surface area contributed by atoms with E-state index < -0.39 is 0 Å². The Morgan fingerprint density at radius 1 is 1.38 bits per heavy atom. The topological polar surface area (TPSA) is 17.8 Å². The highest BCUT2D eigenvalue weighted by Gasteiger charge is 2.25. The number of nitrogens with zero attached hydrogens (tertiary/aromatic N) is 2. The van der Waals surface area contributed by atoms with Crippen molar-refractivity contribution in [1.82, 2.24) is 9.78 Å². The maximum atomic E-state index is 4.43. The van der Waals surface area contributed by atoms with E-state index in [2.05, 4.69) is 34.9 Å². The van der Waals surface area contributed by atoms with Crippen LogP contribution < -0.4 is 0 Å². The average Bonchev–Trinajstić information content (AvgIpc) is 2.87. The number of fused-ring (bicyclic) bond motifs is 1. The summed E-state index contributed by atoms with van der Waals surface area (Å²) in [6.45, 7) is 2.14. The van der Waals surface area contributed by atoms with Gasteiger partial charge in [-0.3, -0.25) is 4.68 Å². The second-order valence-electron chi connectivity index (χ2n) is 3.83. The van der Waals surface area contributed by atoms with Crippen molar-refractivity contribution in [3.8, 4) is 0 Å². The van der Waals surface area contributed by atoms with E-state index in [1.807, 2.05) is 6.20 Å². The van der Waals surface area contributed by atoms with Crippen LogP contribution in [0.2, 0.25) is 0 Å². The molecule has 0 spiro atoms. The van der Waals surface area contributed by atoms with Crippen molar-refractivity contribution in [3.05, 3.63) is 30.0 Å². The summed E-state index contributed by atoms with van der Waals surface area (Å²) >= 11 is 0. The van der Waals surface area contributed by atoms with Gasteiger partial charge in [-0.15, -0.1) is 0 Å². The highest BCUT2D eigenvalue weighted by atomic mass is 15.3. The van der Waals surface area contributed by atoms with Crippen LogP contribution >= 0.6 is 0 Å². The van der Waals surface area contributed by atoms with E-state index in [-0.39, 0.29) is 0 Å². The van der Waals surface area contributed by atoms with Crippen molar-refractivity contribution < 1.29 is 0 Å². The molecule has 0 radical (unpaired) electrons. The van der Waals surface area contributed by atoms with Crippen molar-refractivity contribution >= 4 is 10.9 Å². The van der Waals surface area contributed by atoms with Crippen LogP contribution in [0, 0.1) is 6.92 Å². The number of hydrogen-bond acceptors (Lipinski definition) is 1. The van der Waals surface area contributed by atoms with E-state index in [1.165, 1.54) is 29.3 Å². The van der Waals surface area contributed by atoms with Gasteiger partial charge in [-0.25, -0.2) is 0 Å². The Balaban J connectivity index is 2.32. The Morgan fingerprint density at radius 3 is 3.00 bits per heavy atom. The minimum absolute atomic E-state index is 0.680. The second kappa shape index (κ2) is 2.34. The first-order chi connectivity index (χ1) is 6.36. The predicted octanol–water partition coefficient (Wildman–Crippen LogP) is 2.68. The minimum atomic E-state index is 0.680. The summed E-state index contributed by atoms with van der Waals surface area (Å²) in [4.78, 5) is 0. The van der Waals surface area contributed by atoms with Crippen molar-refractivity contribution in [2.24, 2.45) is 0 Å². The summed E-state index contributed by atoms with van der Waals surface area (Å²) in [6, 6.07) is 7.09. The van der Waals surface area contributed by atoms with Gasteiger partial charge in [0.2, 0.25) is 0 Å². The van der Waals surface area contributed by atoms with Crippen LogP contribution in [0.25, 0.3) is 10.9 Å². The van der Waals surface area contributed by atoms with Crippen LogP contribution in [0.1, 0.15) is 24.4 Å². The van der Waals surface area contributed by atoms with Crippen LogP contribution in [0.4, 0.5) is 0 Å². The Morgan fingerprint density at radius 2 is 2.23 bits per heavy atom. The van der Waals surface area contributed by atoms with Crippen molar-refractivity contribution in [1.29, 1.82) is 0 Å². The van der Waals surface area contributed by atoms with Crippen molar-refractivity contribution in [3.63, 3.8) is 0 Å². The normalized spacial score (nSPS) is 16.7. The van der Waals surface area contributed by atoms with Crippen molar-refractivity contribution in [2.45, 2.75) is 25.8 Å². The molecule has 13 heavy (non-hydrogen) atoms. The monoisotopic (exact) mass is 172 g/mol. The zero-order chi connectivity index (χ0) is 8.84. The van der Waals surface area contributed by atoms with E-state index in [9.17, 15) is 0 Å². The molecule has 1 aliphatic rings. The first-order valence-electron chi connectivity index (χ1n) is 4.79. The number of aryl methyl sites for hydroxylation is 1. The molecule has 0 N–H and O–H groups in total. The van der Waals surface area contributed by atoms with Gasteiger partial charge in [0.1, 0.15) is 0 Å². The van der Waals surface area contributed by atoms with Gasteiger partial charge in [0.05, 0.1) is 17.8 Å². The molecule has 66 valence electrons. The molecule has 1 aliphatic carbocycles. The van der Waals surface area contributed by atoms with E-state index in [4.69, 9.17) is 0 Å². The molecule has 2 aromatic rings. The molecular weight excluding hydrogens is 160 g/mol. The fraction of sp³-hybridized carbons (Fsp3) is 0.364. The van der Waals surface area contributed by atoms with Gasteiger partial charge in [0.15, 0.2) is 0 Å². The van der Waals surface area contributed by atoms with Gasteiger partial charge in [0.25, 0.3) is 0 Å². The third-order valence-electron chi connectivity index (χ3n) is 2.75. The summed E-state index contributed by atoms with van der Waals surface area (Å²) in [7, 11) is 0. The van der Waals surface area contributed by atoms with E-state index in [1.54, 1.807) is 0 Å². The summed E-state index contributed by atoms with van der Waals surface area (Å²) in [5.74, 6) is 0. The molecule has 1 aromatic heterocycles. The van der Waals surface area contributed by atoms with Crippen LogP contribution in [0.15, 0.2) is 24.4 Å². The molecule has 1 heterocycles. The molecule has 0 atom stereocenters. The van der Waals surface area contributed by atoms with Crippen LogP contribution in [0.5, 0.6) is 0 Å². The molecule has 2 heteroatoms. The van der Waals surface area contributed by atoms with Crippen molar-refractivity contribution in [2.75, 3.05) is 0 Å². The van der Waals surface area contributed by atoms with Gasteiger partial charge in [-0.2, -0.15) is 5.10 Å². The molecular formula is C11H12N2. The fourth-order valence-corrected chi connectivity index (χ4v) is 1.83. The minimum Gasteiger partial charge on any atom is -0.262 e. The highest BCUT2D eigenvalue weighted by Crippen LogP contribution is 2.36. The average molecular weight is 172 g/mol. The Hall–Kier alpha value is -1.31. The van der Waals surface area contributed by atoms with Crippen LogP contribution in [0.3, 0.4) is 0 Å². The number of hydrogen-bond donors (Lipinski definition) is 0. The molecule has 1 saturated carbocycles. The third-order valence-corrected chi connectivity index (χ3v) is 2.75. The predicted molar refractivity (Wildman–Crippen MR) is 52.7 cm³/mol. The molecule has 0 amide bonds. The van der Waals surface area contributed by atoms with E-state index in [0.29, 0.717) is 6.04 Å². The summed E-state index contributed by atoms with van der Waals surface area (Å²) < 4.78 is 2.17. The lowest BCUT2D eigenvalue weighted by Gasteiger charge is -2.00. The lowest BCUT2D eigenvalue weighted by Crippen LogP contribution is -1.94. The fourth-order valence-electron chi connectivity index (χ4n) is 1.83. The Kier molecular flexibility index (Phi) is 1.29. The van der Waals surface area contributed by atoms with Gasteiger partial charge in [-0.05, 0) is 31.4 Å². The lowest BCUT2D eigenvalue weighted by molar-refractivity contribution is 0.665. The first-order valence-corrected chi connectivity index (χ1v) is 4.79. The van der Waals surface area contributed by atoms with E-state index in [0.717, 1.165) is 0 Å². The number of rotatable bonds is 1. The molecule has 0 bridgehead atoms. The lowest BCUT2D eigenvalue weighted by atomic mass is 10.1. The molecule has 1 fully saturated rings. The highest BCUT2D eigenvalue weighted by molar-refractivity contribution is 5.82. The number of benzene rings is 1. The molecule has 3 rings (SSSR count). The van der Waals surface area contributed by atoms with Gasteiger partial charge in [0, 0.05) is 5.39 Å². The SMILES string of the molecule is Cc1cccc2c1cnn2C1CC1. The summed E-state index contributed by atoms with van der Waals surface area (Å²) in [5, 5.41) is 5.74. The standard InChI is InChI=1S/C11H12N2/c1-8-3-2-4-11-10(8)7-12-13(11)9-5-6-9/h2-4,7,9H,5-6H2,1H3. The molecule has 2 nitrogen and oxygen atoms in total. The molecule has 0 unspecified atom stereocenters. The maximum Gasteiger partial charge on any atom is 0.0688 e. The first kappa shape index (κ1) is 7.13. The van der Waals surface area contributed by atoms with Crippen LogP contribution in [-0.4, -0.2) is 9.78 Å². The third kappa shape index (κ3) is 0.981.